The molecule has 0 bridgehead atoms. The molecule has 0 N–H and O–H groups in total. The van der Waals surface area contributed by atoms with E-state index in [-0.39, 0.29) is 0 Å². The summed E-state index contributed by atoms with van der Waals surface area (Å²) in [6.07, 6.45) is 3.28. The predicted octanol–water partition coefficient (Wildman–Crippen LogP) is 4.10. The summed E-state index contributed by atoms with van der Waals surface area (Å²) in [5, 5.41) is 0. The van der Waals surface area contributed by atoms with Gasteiger partial charge in [0.25, 0.3) is 0 Å². The minimum atomic E-state index is 1.00. The molecule has 0 saturated carbocycles. The first-order valence-corrected chi connectivity index (χ1v) is 5.69. The van der Waals surface area contributed by atoms with Crippen molar-refractivity contribution in [1.82, 2.24) is 0 Å². The van der Waals surface area contributed by atoms with Crippen LogP contribution >= 0.6 is 0 Å². The van der Waals surface area contributed by atoms with Gasteiger partial charge in [-0.2, -0.15) is 0 Å². The van der Waals surface area contributed by atoms with Crippen LogP contribution < -0.4 is 0 Å². The molecule has 0 unspecified atom stereocenters. The molecule has 2 aromatic carbocycles. The van der Waals surface area contributed by atoms with Crippen molar-refractivity contribution in [3.05, 3.63) is 77.2 Å². The van der Waals surface area contributed by atoms with Gasteiger partial charge in [-0.25, -0.2) is 0 Å². The first-order chi connectivity index (χ1) is 7.74. The third-order valence-electron chi connectivity index (χ3n) is 2.73. The smallest absolute Gasteiger partial charge is 0.00494 e. The van der Waals surface area contributed by atoms with E-state index in [9.17, 15) is 0 Å². The number of hydrogen-bond acceptors (Lipinski definition) is 0. The summed E-state index contributed by atoms with van der Waals surface area (Å²) < 4.78 is 0. The van der Waals surface area contributed by atoms with Crippen LogP contribution in [0.2, 0.25) is 0 Å². The van der Waals surface area contributed by atoms with Gasteiger partial charge in [-0.05, 0) is 37.8 Å². The molecule has 0 fully saturated rings. The summed E-state index contributed by atoms with van der Waals surface area (Å²) in [5.41, 5.74) is 5.31. The molecule has 0 nitrogen and oxygen atoms in total. The van der Waals surface area contributed by atoms with Crippen molar-refractivity contribution in [3.63, 3.8) is 0 Å². The summed E-state index contributed by atoms with van der Waals surface area (Å²) >= 11 is 0. The van der Waals surface area contributed by atoms with Gasteiger partial charge in [0.2, 0.25) is 0 Å². The van der Waals surface area contributed by atoms with Gasteiger partial charge < -0.3 is 0 Å². The van der Waals surface area contributed by atoms with E-state index in [4.69, 9.17) is 0 Å². The Kier molecular flexibility index (Phi) is 3.40. The maximum atomic E-state index is 2.27. The summed E-state index contributed by atoms with van der Waals surface area (Å²) in [7, 11) is 0. The van der Waals surface area contributed by atoms with Crippen molar-refractivity contribution >= 4 is 0 Å². The second-order valence-corrected chi connectivity index (χ2v) is 4.31. The number of hydrogen-bond donors (Lipinski definition) is 0. The van der Waals surface area contributed by atoms with Crippen molar-refractivity contribution < 1.29 is 0 Å². The predicted molar refractivity (Wildman–Crippen MR) is 69.5 cm³/mol. The Hall–Kier alpha value is -1.56. The minimum absolute atomic E-state index is 1.00. The van der Waals surface area contributed by atoms with E-state index in [1.54, 1.807) is 0 Å². The van der Waals surface area contributed by atoms with Crippen LogP contribution in [0.3, 0.4) is 0 Å². The summed E-state index contributed by atoms with van der Waals surface area (Å²) in [4.78, 5) is 0. The van der Waals surface area contributed by atoms with Crippen LogP contribution in [0, 0.1) is 20.3 Å². The van der Waals surface area contributed by atoms with Crippen LogP contribution in [0.15, 0.2) is 48.5 Å². The quantitative estimate of drug-likeness (QED) is 0.714. The lowest BCUT2D eigenvalue weighted by Crippen LogP contribution is -1.89. The molecule has 0 heterocycles. The van der Waals surface area contributed by atoms with Gasteiger partial charge in [-0.15, -0.1) is 0 Å². The Labute approximate surface area is 97.9 Å². The average molecular weight is 209 g/mol. The fourth-order valence-corrected chi connectivity index (χ4v) is 1.78. The first kappa shape index (κ1) is 10.9. The van der Waals surface area contributed by atoms with Gasteiger partial charge in [0.15, 0.2) is 0 Å². The summed E-state index contributed by atoms with van der Waals surface area (Å²) in [6, 6.07) is 17.3. The fraction of sp³-hybridized carbons (Fsp3) is 0.188. The van der Waals surface area contributed by atoms with Crippen LogP contribution in [0.4, 0.5) is 0 Å². The molecule has 0 aromatic heterocycles. The van der Waals surface area contributed by atoms with Gasteiger partial charge in [0.1, 0.15) is 0 Å². The average Bonchev–Trinajstić information content (AvgIpc) is 2.28. The molecule has 16 heavy (non-hydrogen) atoms. The van der Waals surface area contributed by atoms with Crippen LogP contribution in [-0.4, -0.2) is 0 Å². The Morgan fingerprint density at radius 3 is 2.31 bits per heavy atom. The van der Waals surface area contributed by atoms with E-state index in [0.29, 0.717) is 0 Å². The molecule has 0 saturated heterocycles. The second-order valence-electron chi connectivity index (χ2n) is 4.31. The van der Waals surface area contributed by atoms with E-state index >= 15 is 0 Å². The van der Waals surface area contributed by atoms with Gasteiger partial charge >= 0.3 is 0 Å². The number of rotatable bonds is 3. The van der Waals surface area contributed by atoms with E-state index in [1.165, 1.54) is 22.3 Å². The first-order valence-electron chi connectivity index (χ1n) is 5.69. The van der Waals surface area contributed by atoms with Gasteiger partial charge in [0, 0.05) is 0 Å². The van der Waals surface area contributed by atoms with E-state index in [0.717, 1.165) is 6.42 Å². The minimum Gasteiger partial charge on any atom is -0.0617 e. The second kappa shape index (κ2) is 4.98. The van der Waals surface area contributed by atoms with Crippen LogP contribution in [0.25, 0.3) is 0 Å². The third kappa shape index (κ3) is 2.96. The molecular weight excluding hydrogens is 192 g/mol. The molecule has 81 valence electrons. The topological polar surface area (TPSA) is 0 Å². The Balaban J connectivity index is 1.99. The normalized spacial score (nSPS) is 10.4. The highest BCUT2D eigenvalue weighted by molar-refractivity contribution is 5.30. The van der Waals surface area contributed by atoms with Crippen molar-refractivity contribution in [2.24, 2.45) is 0 Å². The molecular formula is C16H17. The number of aryl methyl sites for hydroxylation is 2. The van der Waals surface area contributed by atoms with E-state index in [1.807, 2.05) is 0 Å². The molecule has 0 aliphatic heterocycles. The van der Waals surface area contributed by atoms with Crippen LogP contribution in [0.1, 0.15) is 22.3 Å². The zero-order chi connectivity index (χ0) is 11.4. The molecule has 2 rings (SSSR count). The monoisotopic (exact) mass is 209 g/mol. The molecule has 0 amide bonds. The SMILES string of the molecule is Cc1ccc([CH]Cc2cccc(C)c2)cc1. The molecule has 0 atom stereocenters. The van der Waals surface area contributed by atoms with E-state index < -0.39 is 0 Å². The highest BCUT2D eigenvalue weighted by Crippen LogP contribution is 2.11. The lowest BCUT2D eigenvalue weighted by atomic mass is 10.0. The van der Waals surface area contributed by atoms with Gasteiger partial charge in [-0.1, -0.05) is 59.7 Å². The Bertz CT molecular complexity index is 452. The van der Waals surface area contributed by atoms with Crippen molar-refractivity contribution in [2.75, 3.05) is 0 Å². The maximum absolute atomic E-state index is 2.27. The van der Waals surface area contributed by atoms with Crippen molar-refractivity contribution in [1.29, 1.82) is 0 Å². The molecule has 0 aliphatic carbocycles. The lowest BCUT2D eigenvalue weighted by molar-refractivity contribution is 1.16. The highest BCUT2D eigenvalue weighted by Gasteiger charge is 1.96. The van der Waals surface area contributed by atoms with Crippen LogP contribution in [-0.2, 0) is 6.42 Å². The van der Waals surface area contributed by atoms with Gasteiger partial charge in [0.05, 0.1) is 0 Å². The molecule has 0 spiro atoms. The van der Waals surface area contributed by atoms with E-state index in [2.05, 4.69) is 68.8 Å². The zero-order valence-corrected chi connectivity index (χ0v) is 9.90. The highest BCUT2D eigenvalue weighted by atomic mass is 14.0. The summed E-state index contributed by atoms with van der Waals surface area (Å²) in [5.74, 6) is 0. The fourth-order valence-electron chi connectivity index (χ4n) is 1.78. The van der Waals surface area contributed by atoms with Crippen molar-refractivity contribution in [3.8, 4) is 0 Å². The zero-order valence-electron chi connectivity index (χ0n) is 9.90. The van der Waals surface area contributed by atoms with Gasteiger partial charge in [-0.3, -0.25) is 0 Å². The molecule has 0 heteroatoms. The maximum Gasteiger partial charge on any atom is -0.00494 e. The van der Waals surface area contributed by atoms with Crippen molar-refractivity contribution in [2.45, 2.75) is 20.3 Å². The molecule has 2 aromatic rings. The summed E-state index contributed by atoms with van der Waals surface area (Å²) in [6.45, 7) is 4.25. The largest absolute Gasteiger partial charge is 0.0617 e. The standard InChI is InChI=1S/C16H17/c1-13-6-8-15(9-7-13)10-11-16-5-3-4-14(2)12-16/h3-10,12H,11H2,1-2H3. The molecule has 0 aliphatic rings. The Morgan fingerprint density at radius 1 is 0.875 bits per heavy atom. The Morgan fingerprint density at radius 2 is 1.62 bits per heavy atom. The lowest BCUT2D eigenvalue weighted by Gasteiger charge is -2.03. The number of benzene rings is 2. The van der Waals surface area contributed by atoms with Crippen LogP contribution in [0.5, 0.6) is 0 Å². The molecule has 1 radical (unpaired) electrons. The third-order valence-corrected chi connectivity index (χ3v) is 2.73.